The lowest BCUT2D eigenvalue weighted by atomic mass is 10.1. The third kappa shape index (κ3) is 16.2. The Morgan fingerprint density at radius 2 is 0.880 bits per heavy atom. The van der Waals surface area contributed by atoms with Crippen LogP contribution in [0.2, 0.25) is 0 Å². The van der Waals surface area contributed by atoms with Crippen molar-refractivity contribution >= 4 is 11.8 Å². The van der Waals surface area contributed by atoms with Gasteiger partial charge in [-0.1, -0.05) is 18.2 Å². The normalized spacial score (nSPS) is 17.9. The summed E-state index contributed by atoms with van der Waals surface area (Å²) in [4.78, 5) is 14.9. The Kier molecular flexibility index (Phi) is 14.9. The summed E-state index contributed by atoms with van der Waals surface area (Å²) in [6.07, 6.45) is -0.654. The van der Waals surface area contributed by atoms with Crippen LogP contribution in [0.1, 0.15) is 130 Å². The molecule has 0 aliphatic carbocycles. The average Bonchev–Trinajstić information content (AvgIpc) is 2.92. The molecular weight excluding hydrogens is 634 g/mol. The second-order valence-electron chi connectivity index (χ2n) is 19.1. The molecule has 0 radical (unpaired) electrons. The summed E-state index contributed by atoms with van der Waals surface area (Å²) < 4.78 is 39.2. The lowest BCUT2D eigenvalue weighted by Gasteiger charge is -2.49. The second kappa shape index (κ2) is 16.8. The molecule has 0 aromatic heterocycles. The van der Waals surface area contributed by atoms with Gasteiger partial charge in [0.05, 0.1) is 39.2 Å². The highest BCUT2D eigenvalue weighted by molar-refractivity contribution is 6.03. The van der Waals surface area contributed by atoms with Crippen molar-refractivity contribution in [2.75, 3.05) is 40.4 Å². The number of guanidine groups is 1. The zero-order valence-electron chi connectivity index (χ0n) is 34.9. The number of nitrogens with zero attached hydrogens (tertiary/aromatic N) is 5. The van der Waals surface area contributed by atoms with E-state index in [1.54, 1.807) is 0 Å². The van der Waals surface area contributed by atoms with Crippen molar-refractivity contribution < 1.29 is 32.9 Å². The number of hydrogen-bond donors (Lipinski definition) is 0. The number of rotatable bonds is 14. The van der Waals surface area contributed by atoms with Crippen molar-refractivity contribution in [3.8, 4) is 0 Å². The van der Waals surface area contributed by atoms with Crippen LogP contribution in [0.15, 0.2) is 40.3 Å². The van der Waals surface area contributed by atoms with Gasteiger partial charge in [-0.15, -0.1) is 0 Å². The average molecular weight is 707 g/mol. The molecule has 0 N–H and O–H groups in total. The largest absolute Gasteiger partial charge is 0.360 e. The van der Waals surface area contributed by atoms with Crippen LogP contribution in [0.5, 0.6) is 0 Å². The van der Waals surface area contributed by atoms with Gasteiger partial charge in [0.15, 0.2) is 13.5 Å². The van der Waals surface area contributed by atoms with Gasteiger partial charge in [-0.3, -0.25) is 4.90 Å². The molecule has 0 saturated heterocycles. The fourth-order valence-electron chi connectivity index (χ4n) is 4.33. The maximum Gasteiger partial charge on any atom is 0.259 e. The van der Waals surface area contributed by atoms with Gasteiger partial charge in [0.25, 0.3) is 6.29 Å². The summed E-state index contributed by atoms with van der Waals surface area (Å²) in [5.41, 5.74) is -1.69. The Labute approximate surface area is 304 Å². The zero-order chi connectivity index (χ0) is 38.4. The standard InChI is InChI=1S/C39H72N5O6/c1-34(2,3)45-24-42(25-46-35(4,5)6)32-40-31(30-22-20-19-21-23-30)44(28-49-38(13,14)15,29-50-39(16,17)18)33(41-32)43(26-47-36(7,8)9)27-48-37(10,11)12/h19-23,33H,24-29H2,1-18H3/q+1. The van der Waals surface area contributed by atoms with E-state index in [0.29, 0.717) is 5.96 Å². The van der Waals surface area contributed by atoms with E-state index in [9.17, 15) is 0 Å². The molecule has 1 aliphatic rings. The van der Waals surface area contributed by atoms with Crippen LogP contribution in [0.4, 0.5) is 0 Å². The lowest BCUT2D eigenvalue weighted by Crippen LogP contribution is -2.70. The molecule has 0 spiro atoms. The minimum absolute atomic E-state index is 0.0944. The van der Waals surface area contributed by atoms with E-state index < -0.39 is 39.9 Å². The molecular formula is C39H72N5O6+. The first kappa shape index (κ1) is 44.2. The molecule has 1 aromatic rings. The topological polar surface area (TPSA) is 86.6 Å². The molecule has 0 amide bonds. The van der Waals surface area contributed by atoms with Crippen molar-refractivity contribution in [2.24, 2.45) is 9.98 Å². The third-order valence-electron chi connectivity index (χ3n) is 7.03. The zero-order valence-corrected chi connectivity index (χ0v) is 34.9. The minimum Gasteiger partial charge on any atom is -0.360 e. The predicted molar refractivity (Wildman–Crippen MR) is 202 cm³/mol. The monoisotopic (exact) mass is 707 g/mol. The molecule has 11 nitrogen and oxygen atoms in total. The number of aliphatic imine (C=N–C) groups is 2. The first-order chi connectivity index (χ1) is 22.5. The van der Waals surface area contributed by atoms with E-state index in [0.717, 1.165) is 11.4 Å². The molecule has 0 bridgehead atoms. The first-order valence-electron chi connectivity index (χ1n) is 17.9. The van der Waals surface area contributed by atoms with E-state index in [1.807, 2.05) is 106 Å². The smallest absolute Gasteiger partial charge is 0.259 e. The molecule has 1 unspecified atom stereocenters. The van der Waals surface area contributed by atoms with Crippen LogP contribution in [-0.4, -0.2) is 106 Å². The van der Waals surface area contributed by atoms with E-state index in [-0.39, 0.29) is 44.9 Å². The van der Waals surface area contributed by atoms with E-state index in [4.69, 9.17) is 38.4 Å². The maximum atomic E-state index is 6.71. The Balaban J connectivity index is 3.03. The van der Waals surface area contributed by atoms with Crippen LogP contribution in [0.25, 0.3) is 0 Å². The summed E-state index contributed by atoms with van der Waals surface area (Å²) in [6, 6.07) is 10.2. The van der Waals surface area contributed by atoms with Crippen LogP contribution >= 0.6 is 0 Å². The minimum atomic E-state index is -0.654. The summed E-state index contributed by atoms with van der Waals surface area (Å²) in [7, 11) is 0. The number of benzene rings is 1. The highest BCUT2D eigenvalue weighted by Crippen LogP contribution is 2.33. The quantitative estimate of drug-likeness (QED) is 0.142. The van der Waals surface area contributed by atoms with Crippen molar-refractivity contribution in [2.45, 2.75) is 165 Å². The molecule has 1 aliphatic heterocycles. The highest BCUT2D eigenvalue weighted by atomic mass is 16.6. The van der Waals surface area contributed by atoms with Crippen molar-refractivity contribution in [3.05, 3.63) is 35.9 Å². The number of quaternary nitrogens is 1. The fourth-order valence-corrected chi connectivity index (χ4v) is 4.33. The van der Waals surface area contributed by atoms with E-state index in [1.165, 1.54) is 0 Å². The Hall–Kier alpha value is -1.96. The third-order valence-corrected chi connectivity index (χ3v) is 7.03. The SMILES string of the molecule is CC(C)(C)OCN(COC(C)(C)C)C1=NC(N(COC(C)(C)C)COC(C)(C)C)[N+](COC(C)(C)C)(COC(C)(C)C)C(c2ccccc2)=N1. The van der Waals surface area contributed by atoms with Gasteiger partial charge < -0.3 is 28.4 Å². The molecule has 288 valence electrons. The summed E-state index contributed by atoms with van der Waals surface area (Å²) in [6.45, 7) is 38.1. The fraction of sp³-hybridized carbons (Fsp3) is 0.795. The van der Waals surface area contributed by atoms with Crippen LogP contribution in [0, 0.1) is 0 Å². The maximum absolute atomic E-state index is 6.71. The van der Waals surface area contributed by atoms with Gasteiger partial charge in [0.2, 0.25) is 11.8 Å². The van der Waals surface area contributed by atoms with Gasteiger partial charge in [-0.05, 0) is 137 Å². The van der Waals surface area contributed by atoms with Gasteiger partial charge in [0, 0.05) is 0 Å². The summed E-state index contributed by atoms with van der Waals surface area (Å²) in [5, 5.41) is 0. The van der Waals surface area contributed by atoms with Gasteiger partial charge in [-0.25, -0.2) is 0 Å². The van der Waals surface area contributed by atoms with Crippen molar-refractivity contribution in [1.82, 2.24) is 9.80 Å². The number of hydrogen-bond acceptors (Lipinski definition) is 10. The highest BCUT2D eigenvalue weighted by Gasteiger charge is 2.52. The molecule has 0 fully saturated rings. The summed E-state index contributed by atoms with van der Waals surface area (Å²) >= 11 is 0. The number of amidine groups is 1. The molecule has 1 heterocycles. The predicted octanol–water partition coefficient (Wildman–Crippen LogP) is 8.14. The van der Waals surface area contributed by atoms with Gasteiger partial charge in [0.1, 0.15) is 26.9 Å². The molecule has 0 saturated carbocycles. The van der Waals surface area contributed by atoms with Crippen molar-refractivity contribution in [1.29, 1.82) is 0 Å². The number of ether oxygens (including phenoxy) is 6. The molecule has 11 heteroatoms. The molecule has 1 aromatic carbocycles. The van der Waals surface area contributed by atoms with Crippen molar-refractivity contribution in [3.63, 3.8) is 0 Å². The second-order valence-corrected chi connectivity index (χ2v) is 19.1. The van der Waals surface area contributed by atoms with Crippen LogP contribution < -0.4 is 0 Å². The summed E-state index contributed by atoms with van der Waals surface area (Å²) in [5.74, 6) is 1.21. The first-order valence-corrected chi connectivity index (χ1v) is 17.9. The molecule has 1 atom stereocenters. The molecule has 50 heavy (non-hydrogen) atoms. The van der Waals surface area contributed by atoms with Crippen LogP contribution in [-0.2, 0) is 28.4 Å². The van der Waals surface area contributed by atoms with E-state index in [2.05, 4.69) is 58.6 Å². The van der Waals surface area contributed by atoms with Gasteiger partial charge >= 0.3 is 0 Å². The lowest BCUT2D eigenvalue weighted by molar-refractivity contribution is -0.921. The Morgan fingerprint density at radius 1 is 0.520 bits per heavy atom. The van der Waals surface area contributed by atoms with E-state index >= 15 is 0 Å². The van der Waals surface area contributed by atoms with Gasteiger partial charge in [-0.2, -0.15) is 19.4 Å². The molecule has 2 rings (SSSR count). The Bertz CT molecular complexity index is 1190. The Morgan fingerprint density at radius 3 is 1.24 bits per heavy atom. The van der Waals surface area contributed by atoms with Crippen LogP contribution in [0.3, 0.4) is 0 Å².